The summed E-state index contributed by atoms with van der Waals surface area (Å²) in [5.74, 6) is 1.53. The van der Waals surface area contributed by atoms with E-state index in [0.717, 1.165) is 36.5 Å². The fourth-order valence-corrected chi connectivity index (χ4v) is 3.82. The van der Waals surface area contributed by atoms with Crippen molar-refractivity contribution in [2.45, 2.75) is 36.5 Å². The predicted octanol–water partition coefficient (Wildman–Crippen LogP) is 4.29. The lowest BCUT2D eigenvalue weighted by Gasteiger charge is -2.14. The van der Waals surface area contributed by atoms with Gasteiger partial charge in [-0.05, 0) is 50.1 Å². The average molecular weight is 372 g/mol. The number of amides is 1. The molecule has 0 spiro atoms. The summed E-state index contributed by atoms with van der Waals surface area (Å²) in [5.41, 5.74) is 1.69. The van der Waals surface area contributed by atoms with Crippen molar-refractivity contribution >= 4 is 17.7 Å². The van der Waals surface area contributed by atoms with Gasteiger partial charge < -0.3 is 14.8 Å². The number of hydrogen-bond donors (Lipinski definition) is 1. The second-order valence-corrected chi connectivity index (χ2v) is 7.25. The molecule has 1 heterocycles. The first-order chi connectivity index (χ1) is 12.8. The molecular weight excluding hydrogens is 346 g/mol. The van der Waals surface area contributed by atoms with Gasteiger partial charge in [0.05, 0.1) is 12.7 Å². The van der Waals surface area contributed by atoms with Crippen LogP contribution in [0, 0.1) is 0 Å². The zero-order chi connectivity index (χ0) is 18.2. The molecule has 1 amide bonds. The van der Waals surface area contributed by atoms with Gasteiger partial charge >= 0.3 is 0 Å². The van der Waals surface area contributed by atoms with Crippen LogP contribution >= 0.6 is 11.8 Å². The highest BCUT2D eigenvalue weighted by Crippen LogP contribution is 2.29. The zero-order valence-electron chi connectivity index (χ0n) is 15.1. The Morgan fingerprint density at radius 3 is 2.85 bits per heavy atom. The summed E-state index contributed by atoms with van der Waals surface area (Å²) in [7, 11) is 0. The van der Waals surface area contributed by atoms with Gasteiger partial charge in [-0.1, -0.05) is 18.2 Å². The first-order valence-corrected chi connectivity index (χ1v) is 10.1. The van der Waals surface area contributed by atoms with Crippen molar-refractivity contribution < 1.29 is 14.3 Å². The second-order valence-electron chi connectivity index (χ2n) is 6.20. The van der Waals surface area contributed by atoms with Gasteiger partial charge in [-0.2, -0.15) is 0 Å². The third-order valence-corrected chi connectivity index (χ3v) is 5.34. The molecule has 0 aromatic heterocycles. The number of hydrogen-bond acceptors (Lipinski definition) is 4. The summed E-state index contributed by atoms with van der Waals surface area (Å²) >= 11 is 1.74. The maximum absolute atomic E-state index is 12.5. The van der Waals surface area contributed by atoms with E-state index < -0.39 is 0 Å². The Kier molecular flexibility index (Phi) is 6.97. The van der Waals surface area contributed by atoms with Crippen molar-refractivity contribution in [2.24, 2.45) is 0 Å². The lowest BCUT2D eigenvalue weighted by atomic mass is 10.1. The molecule has 2 aromatic carbocycles. The monoisotopic (exact) mass is 371 g/mol. The predicted molar refractivity (Wildman–Crippen MR) is 105 cm³/mol. The number of rotatable bonds is 8. The second kappa shape index (κ2) is 9.64. The Labute approximate surface area is 159 Å². The molecule has 5 heteroatoms. The normalized spacial score (nSPS) is 16.4. The molecule has 1 fully saturated rings. The molecule has 1 aliphatic rings. The van der Waals surface area contributed by atoms with Gasteiger partial charge in [-0.25, -0.2) is 0 Å². The molecule has 1 atom stereocenters. The third-order valence-electron chi connectivity index (χ3n) is 4.27. The topological polar surface area (TPSA) is 47.6 Å². The Bertz CT molecular complexity index is 714. The van der Waals surface area contributed by atoms with E-state index in [-0.39, 0.29) is 12.0 Å². The number of benzene rings is 2. The average Bonchev–Trinajstić information content (AvgIpc) is 3.20. The number of carbonyl (C=O) groups excluding carboxylic acids is 1. The number of nitrogens with one attached hydrogen (secondary N) is 1. The van der Waals surface area contributed by atoms with E-state index >= 15 is 0 Å². The van der Waals surface area contributed by atoms with Crippen LogP contribution in [0.4, 0.5) is 0 Å². The summed E-state index contributed by atoms with van der Waals surface area (Å²) in [6.45, 7) is 3.94. The Hall–Kier alpha value is -1.98. The molecular formula is C21H25NO3S. The highest BCUT2D eigenvalue weighted by Gasteiger charge is 2.17. The summed E-state index contributed by atoms with van der Waals surface area (Å²) in [6.07, 6.45) is 2.24. The van der Waals surface area contributed by atoms with Gasteiger partial charge in [0.2, 0.25) is 0 Å². The van der Waals surface area contributed by atoms with E-state index in [4.69, 9.17) is 9.47 Å². The zero-order valence-corrected chi connectivity index (χ0v) is 15.9. The lowest BCUT2D eigenvalue weighted by Crippen LogP contribution is -2.31. The molecule has 1 N–H and O–H groups in total. The quantitative estimate of drug-likeness (QED) is 0.704. The lowest BCUT2D eigenvalue weighted by molar-refractivity contribution is 0.0857. The van der Waals surface area contributed by atoms with Gasteiger partial charge in [0.15, 0.2) is 0 Å². The number of ether oxygens (including phenoxy) is 2. The van der Waals surface area contributed by atoms with E-state index in [9.17, 15) is 4.79 Å². The maximum Gasteiger partial charge on any atom is 0.251 e. The summed E-state index contributed by atoms with van der Waals surface area (Å²) in [5, 5.41) is 2.98. The van der Waals surface area contributed by atoms with Gasteiger partial charge in [0.25, 0.3) is 5.91 Å². The van der Waals surface area contributed by atoms with Crippen LogP contribution in [0.1, 0.15) is 35.7 Å². The van der Waals surface area contributed by atoms with Crippen LogP contribution in [-0.4, -0.2) is 31.8 Å². The van der Waals surface area contributed by atoms with Gasteiger partial charge in [-0.3, -0.25) is 4.79 Å². The van der Waals surface area contributed by atoms with Crippen LogP contribution in [0.3, 0.4) is 0 Å². The summed E-state index contributed by atoms with van der Waals surface area (Å²) in [4.78, 5) is 13.7. The Balaban J connectivity index is 1.67. The SMILES string of the molecule is CCOc1ccc(C(=O)NC[C@@H]2CCCO2)cc1CSc1ccccc1. The fraction of sp³-hybridized carbons (Fsp3) is 0.381. The van der Waals surface area contributed by atoms with Crippen molar-refractivity contribution in [3.05, 3.63) is 59.7 Å². The minimum Gasteiger partial charge on any atom is -0.494 e. The van der Waals surface area contributed by atoms with Crippen LogP contribution in [0.5, 0.6) is 5.75 Å². The van der Waals surface area contributed by atoms with Crippen molar-refractivity contribution in [3.63, 3.8) is 0 Å². The first-order valence-electron chi connectivity index (χ1n) is 9.09. The molecule has 0 bridgehead atoms. The molecule has 0 aliphatic carbocycles. The molecule has 0 radical (unpaired) electrons. The van der Waals surface area contributed by atoms with E-state index in [0.29, 0.717) is 18.7 Å². The van der Waals surface area contributed by atoms with E-state index in [1.54, 1.807) is 11.8 Å². The fourth-order valence-electron chi connectivity index (χ4n) is 2.92. The van der Waals surface area contributed by atoms with E-state index in [1.807, 2.05) is 43.3 Å². The Morgan fingerprint density at radius 1 is 1.27 bits per heavy atom. The Morgan fingerprint density at radius 2 is 2.12 bits per heavy atom. The third kappa shape index (κ3) is 5.26. The van der Waals surface area contributed by atoms with Crippen molar-refractivity contribution in [3.8, 4) is 5.75 Å². The van der Waals surface area contributed by atoms with Gasteiger partial charge in [0, 0.05) is 34.9 Å². The molecule has 0 unspecified atom stereocenters. The van der Waals surface area contributed by atoms with Crippen molar-refractivity contribution in [2.75, 3.05) is 19.8 Å². The van der Waals surface area contributed by atoms with Crippen LogP contribution in [0.25, 0.3) is 0 Å². The van der Waals surface area contributed by atoms with Crippen LogP contribution < -0.4 is 10.1 Å². The van der Waals surface area contributed by atoms with Crippen LogP contribution in [0.15, 0.2) is 53.4 Å². The highest BCUT2D eigenvalue weighted by molar-refractivity contribution is 7.98. The highest BCUT2D eigenvalue weighted by atomic mass is 32.2. The molecule has 0 saturated carbocycles. The van der Waals surface area contributed by atoms with Gasteiger partial charge in [0.1, 0.15) is 5.75 Å². The van der Waals surface area contributed by atoms with Crippen molar-refractivity contribution in [1.29, 1.82) is 0 Å². The van der Waals surface area contributed by atoms with E-state index in [2.05, 4.69) is 17.4 Å². The van der Waals surface area contributed by atoms with E-state index in [1.165, 1.54) is 4.90 Å². The van der Waals surface area contributed by atoms with Crippen LogP contribution in [0.2, 0.25) is 0 Å². The van der Waals surface area contributed by atoms with Crippen LogP contribution in [-0.2, 0) is 10.5 Å². The number of thioether (sulfide) groups is 1. The standard InChI is InChI=1S/C21H25NO3S/c1-2-24-20-11-10-16(21(23)22-14-18-7-6-12-25-18)13-17(20)15-26-19-8-4-3-5-9-19/h3-5,8-11,13,18H,2,6-7,12,14-15H2,1H3,(H,22,23)/t18-/m0/s1. The molecule has 138 valence electrons. The summed E-state index contributed by atoms with van der Waals surface area (Å²) in [6, 6.07) is 15.9. The smallest absolute Gasteiger partial charge is 0.251 e. The molecule has 3 rings (SSSR count). The first kappa shape index (κ1) is 18.8. The van der Waals surface area contributed by atoms with Crippen molar-refractivity contribution in [1.82, 2.24) is 5.32 Å². The summed E-state index contributed by atoms with van der Waals surface area (Å²) < 4.78 is 11.3. The largest absolute Gasteiger partial charge is 0.494 e. The molecule has 4 nitrogen and oxygen atoms in total. The number of carbonyl (C=O) groups is 1. The molecule has 1 aliphatic heterocycles. The molecule has 1 saturated heterocycles. The molecule has 26 heavy (non-hydrogen) atoms. The minimum absolute atomic E-state index is 0.0606. The minimum atomic E-state index is -0.0606. The van der Waals surface area contributed by atoms with Gasteiger partial charge in [-0.15, -0.1) is 11.8 Å². The molecule has 2 aromatic rings. The maximum atomic E-state index is 12.5.